The van der Waals surface area contributed by atoms with Gasteiger partial charge in [-0.25, -0.2) is 12.8 Å². The van der Waals surface area contributed by atoms with E-state index in [9.17, 15) is 17.6 Å². The zero-order valence-corrected chi connectivity index (χ0v) is 16.8. The SMILES string of the molecule is O=C(NCCc1ccc(Cl)cc1)C1CCCCN1S(=O)(=O)c1ccc(F)cc1. The number of carbonyl (C=O) groups excluding carboxylic acids is 1. The summed E-state index contributed by atoms with van der Waals surface area (Å²) in [6, 6.07) is 11.3. The Hall–Kier alpha value is -1.96. The van der Waals surface area contributed by atoms with Crippen LogP contribution in [0.5, 0.6) is 0 Å². The number of benzene rings is 2. The number of hydrogen-bond acceptors (Lipinski definition) is 3. The third kappa shape index (κ3) is 4.90. The maximum absolute atomic E-state index is 13.1. The molecule has 1 N–H and O–H groups in total. The Morgan fingerprint density at radius 3 is 2.46 bits per heavy atom. The van der Waals surface area contributed by atoms with E-state index in [-0.39, 0.29) is 17.3 Å². The molecule has 0 spiro atoms. The quantitative estimate of drug-likeness (QED) is 0.773. The number of nitrogens with zero attached hydrogens (tertiary/aromatic N) is 1. The molecule has 1 amide bonds. The minimum Gasteiger partial charge on any atom is -0.354 e. The molecule has 2 aromatic carbocycles. The van der Waals surface area contributed by atoms with E-state index in [1.807, 2.05) is 12.1 Å². The number of sulfonamides is 1. The molecule has 28 heavy (non-hydrogen) atoms. The van der Waals surface area contributed by atoms with Crippen molar-refractivity contribution in [2.75, 3.05) is 13.1 Å². The van der Waals surface area contributed by atoms with Gasteiger partial charge in [-0.3, -0.25) is 4.79 Å². The van der Waals surface area contributed by atoms with Crippen LogP contribution in [-0.2, 0) is 21.2 Å². The van der Waals surface area contributed by atoms with Crippen LogP contribution < -0.4 is 5.32 Å². The first-order valence-corrected chi connectivity index (χ1v) is 11.0. The fourth-order valence-electron chi connectivity index (χ4n) is 3.30. The molecule has 2 aromatic rings. The molecule has 0 aromatic heterocycles. The third-order valence-electron chi connectivity index (χ3n) is 4.80. The second kappa shape index (κ2) is 9.03. The van der Waals surface area contributed by atoms with Gasteiger partial charge in [0, 0.05) is 18.1 Å². The van der Waals surface area contributed by atoms with Crippen LogP contribution >= 0.6 is 11.6 Å². The van der Waals surface area contributed by atoms with Gasteiger partial charge in [0.25, 0.3) is 0 Å². The third-order valence-corrected chi connectivity index (χ3v) is 6.98. The molecule has 1 aliphatic rings. The predicted octanol–water partition coefficient (Wildman–Crippen LogP) is 3.38. The average molecular weight is 425 g/mol. The van der Waals surface area contributed by atoms with Gasteiger partial charge in [-0.05, 0) is 61.2 Å². The van der Waals surface area contributed by atoms with E-state index < -0.39 is 21.9 Å². The average Bonchev–Trinajstić information content (AvgIpc) is 2.70. The summed E-state index contributed by atoms with van der Waals surface area (Å²) in [6.45, 7) is 0.677. The highest BCUT2D eigenvalue weighted by atomic mass is 35.5. The van der Waals surface area contributed by atoms with Crippen LogP contribution in [0.2, 0.25) is 5.02 Å². The number of piperidine rings is 1. The van der Waals surface area contributed by atoms with Crippen molar-refractivity contribution in [3.8, 4) is 0 Å². The van der Waals surface area contributed by atoms with E-state index in [0.717, 1.165) is 24.1 Å². The fourth-order valence-corrected chi connectivity index (χ4v) is 5.08. The molecule has 1 saturated heterocycles. The van der Waals surface area contributed by atoms with E-state index in [2.05, 4.69) is 5.32 Å². The van der Waals surface area contributed by atoms with Crippen molar-refractivity contribution in [3.05, 3.63) is 64.9 Å². The van der Waals surface area contributed by atoms with Gasteiger partial charge in [-0.15, -0.1) is 0 Å². The molecule has 1 aliphatic heterocycles. The molecule has 3 rings (SSSR count). The summed E-state index contributed by atoms with van der Waals surface area (Å²) in [6.07, 6.45) is 2.56. The first kappa shape index (κ1) is 20.8. The molecule has 0 aliphatic carbocycles. The van der Waals surface area contributed by atoms with Gasteiger partial charge in [-0.1, -0.05) is 30.2 Å². The monoisotopic (exact) mass is 424 g/mol. The minimum absolute atomic E-state index is 0.00485. The van der Waals surface area contributed by atoms with Crippen LogP contribution in [0.3, 0.4) is 0 Å². The number of hydrogen-bond donors (Lipinski definition) is 1. The van der Waals surface area contributed by atoms with Gasteiger partial charge in [0.2, 0.25) is 15.9 Å². The molecule has 1 heterocycles. The summed E-state index contributed by atoms with van der Waals surface area (Å²) in [4.78, 5) is 12.7. The molecule has 150 valence electrons. The highest BCUT2D eigenvalue weighted by molar-refractivity contribution is 7.89. The molecule has 0 saturated carbocycles. The lowest BCUT2D eigenvalue weighted by Gasteiger charge is -2.33. The fraction of sp³-hybridized carbons (Fsp3) is 0.350. The van der Waals surface area contributed by atoms with Crippen LogP contribution in [0.25, 0.3) is 0 Å². The lowest BCUT2D eigenvalue weighted by Crippen LogP contribution is -2.52. The van der Waals surface area contributed by atoms with Crippen molar-refractivity contribution in [1.82, 2.24) is 9.62 Å². The first-order chi connectivity index (χ1) is 13.4. The molecule has 0 bridgehead atoms. The molecule has 1 fully saturated rings. The van der Waals surface area contributed by atoms with Gasteiger partial charge in [-0.2, -0.15) is 4.31 Å². The Balaban J connectivity index is 1.67. The van der Waals surface area contributed by atoms with E-state index in [1.54, 1.807) is 12.1 Å². The van der Waals surface area contributed by atoms with E-state index in [4.69, 9.17) is 11.6 Å². The standard InChI is InChI=1S/C20H22ClFN2O3S/c21-16-6-4-15(5-7-16)12-13-23-20(25)19-3-1-2-14-24(19)28(26,27)18-10-8-17(22)9-11-18/h4-11,19H,1-3,12-14H2,(H,23,25). The number of amides is 1. The molecular formula is C20H22ClFN2O3S. The topological polar surface area (TPSA) is 66.5 Å². The summed E-state index contributed by atoms with van der Waals surface area (Å²) in [5, 5.41) is 3.49. The predicted molar refractivity (Wildman–Crippen MR) is 106 cm³/mol. The Morgan fingerprint density at radius 1 is 1.11 bits per heavy atom. The smallest absolute Gasteiger partial charge is 0.243 e. The summed E-state index contributed by atoms with van der Waals surface area (Å²) in [5.74, 6) is -0.812. The number of halogens is 2. The highest BCUT2D eigenvalue weighted by Crippen LogP contribution is 2.25. The number of carbonyl (C=O) groups is 1. The van der Waals surface area contributed by atoms with E-state index >= 15 is 0 Å². The molecular weight excluding hydrogens is 403 g/mol. The summed E-state index contributed by atoms with van der Waals surface area (Å²) in [5.41, 5.74) is 1.03. The van der Waals surface area contributed by atoms with Gasteiger partial charge in [0.05, 0.1) is 4.90 Å². The molecule has 1 unspecified atom stereocenters. The van der Waals surface area contributed by atoms with Crippen molar-refractivity contribution in [2.45, 2.75) is 36.6 Å². The normalized spacial score (nSPS) is 18.0. The largest absolute Gasteiger partial charge is 0.354 e. The van der Waals surface area contributed by atoms with Gasteiger partial charge >= 0.3 is 0 Å². The van der Waals surface area contributed by atoms with Gasteiger partial charge in [0.15, 0.2) is 0 Å². The maximum Gasteiger partial charge on any atom is 0.243 e. The second-order valence-electron chi connectivity index (χ2n) is 6.75. The number of rotatable bonds is 6. The molecule has 0 radical (unpaired) electrons. The number of nitrogens with one attached hydrogen (secondary N) is 1. The van der Waals surface area contributed by atoms with E-state index in [1.165, 1.54) is 16.4 Å². The second-order valence-corrected chi connectivity index (χ2v) is 9.08. The van der Waals surface area contributed by atoms with Gasteiger partial charge in [0.1, 0.15) is 11.9 Å². The Morgan fingerprint density at radius 2 is 1.79 bits per heavy atom. The Kier molecular flexibility index (Phi) is 6.69. The maximum atomic E-state index is 13.1. The lowest BCUT2D eigenvalue weighted by molar-refractivity contribution is -0.125. The van der Waals surface area contributed by atoms with Crippen LogP contribution in [-0.4, -0.2) is 37.8 Å². The Labute approximate surface area is 169 Å². The Bertz CT molecular complexity index is 917. The molecule has 8 heteroatoms. The highest BCUT2D eigenvalue weighted by Gasteiger charge is 2.37. The van der Waals surface area contributed by atoms with Crippen molar-refractivity contribution in [3.63, 3.8) is 0 Å². The van der Waals surface area contributed by atoms with Crippen molar-refractivity contribution in [1.29, 1.82) is 0 Å². The zero-order chi connectivity index (χ0) is 20.1. The molecule has 1 atom stereocenters. The van der Waals surface area contributed by atoms with Crippen molar-refractivity contribution in [2.24, 2.45) is 0 Å². The van der Waals surface area contributed by atoms with E-state index in [0.29, 0.717) is 30.8 Å². The van der Waals surface area contributed by atoms with Crippen LogP contribution in [0, 0.1) is 5.82 Å². The minimum atomic E-state index is -3.86. The first-order valence-electron chi connectivity index (χ1n) is 9.17. The van der Waals surface area contributed by atoms with Crippen molar-refractivity contribution >= 4 is 27.5 Å². The van der Waals surface area contributed by atoms with Crippen LogP contribution in [0.1, 0.15) is 24.8 Å². The summed E-state index contributed by atoms with van der Waals surface area (Å²) < 4.78 is 40.3. The van der Waals surface area contributed by atoms with Crippen LogP contribution in [0.15, 0.2) is 53.4 Å². The van der Waals surface area contributed by atoms with Gasteiger partial charge < -0.3 is 5.32 Å². The summed E-state index contributed by atoms with van der Waals surface area (Å²) in [7, 11) is -3.86. The zero-order valence-electron chi connectivity index (χ0n) is 15.3. The van der Waals surface area contributed by atoms with Crippen molar-refractivity contribution < 1.29 is 17.6 Å². The van der Waals surface area contributed by atoms with Crippen LogP contribution in [0.4, 0.5) is 4.39 Å². The lowest BCUT2D eigenvalue weighted by atomic mass is 10.0. The summed E-state index contributed by atoms with van der Waals surface area (Å²) >= 11 is 5.86. The molecule has 5 nitrogen and oxygen atoms in total.